The van der Waals surface area contributed by atoms with Gasteiger partial charge in [0.25, 0.3) is 0 Å². The number of nitriles is 1. The van der Waals surface area contributed by atoms with Crippen LogP contribution in [0.25, 0.3) is 0 Å². The van der Waals surface area contributed by atoms with Crippen LogP contribution in [-0.2, 0) is 6.18 Å². The monoisotopic (exact) mass is 286 g/mol. The van der Waals surface area contributed by atoms with Gasteiger partial charge in [0.05, 0.1) is 17.7 Å². The Morgan fingerprint density at radius 3 is 2.60 bits per heavy atom. The van der Waals surface area contributed by atoms with E-state index in [0.29, 0.717) is 19.1 Å². The quantitative estimate of drug-likeness (QED) is 0.816. The number of hydrogen-bond acceptors (Lipinski definition) is 3. The third-order valence-electron chi connectivity index (χ3n) is 2.56. The van der Waals surface area contributed by atoms with E-state index in [2.05, 4.69) is 5.32 Å². The highest BCUT2D eigenvalue weighted by atomic mass is 19.4. The van der Waals surface area contributed by atoms with Gasteiger partial charge in [-0.2, -0.15) is 18.4 Å². The minimum atomic E-state index is -4.45. The first-order valence-corrected chi connectivity index (χ1v) is 6.32. The van der Waals surface area contributed by atoms with Crippen LogP contribution in [0.1, 0.15) is 31.4 Å². The predicted molar refractivity (Wildman–Crippen MR) is 69.4 cm³/mol. The Bertz CT molecular complexity index is 478. The second kappa shape index (κ2) is 7.15. The number of benzene rings is 1. The van der Waals surface area contributed by atoms with Gasteiger partial charge in [-0.1, -0.05) is 13.8 Å². The van der Waals surface area contributed by atoms with Crippen LogP contribution < -0.4 is 10.1 Å². The average Bonchev–Trinajstić information content (AvgIpc) is 2.36. The molecule has 0 fully saturated rings. The number of rotatable bonds is 6. The third-order valence-corrected chi connectivity index (χ3v) is 2.56. The van der Waals surface area contributed by atoms with E-state index in [1.807, 2.05) is 13.8 Å². The van der Waals surface area contributed by atoms with Gasteiger partial charge in [-0.15, -0.1) is 0 Å². The summed E-state index contributed by atoms with van der Waals surface area (Å²) in [5, 5.41) is 12.1. The zero-order valence-corrected chi connectivity index (χ0v) is 11.4. The van der Waals surface area contributed by atoms with Crippen molar-refractivity contribution >= 4 is 0 Å². The lowest BCUT2D eigenvalue weighted by Gasteiger charge is -2.12. The maximum atomic E-state index is 12.5. The fourth-order valence-electron chi connectivity index (χ4n) is 1.56. The van der Waals surface area contributed by atoms with Crippen molar-refractivity contribution in [2.45, 2.75) is 32.5 Å². The molecule has 0 atom stereocenters. The van der Waals surface area contributed by atoms with Gasteiger partial charge in [0, 0.05) is 6.04 Å². The Balaban J connectivity index is 2.61. The highest BCUT2D eigenvalue weighted by Crippen LogP contribution is 2.32. The Hall–Kier alpha value is -1.74. The second-order valence-electron chi connectivity index (χ2n) is 4.63. The molecule has 0 saturated heterocycles. The predicted octanol–water partition coefficient (Wildman–Crippen LogP) is 3.34. The summed E-state index contributed by atoms with van der Waals surface area (Å²) in [5.41, 5.74) is -0.945. The standard InChI is InChI=1S/C14H17F3N2O/c1-10(2)19-6-3-7-20-13-5-4-12(14(15,16)17)8-11(13)9-18/h4-5,8,10,19H,3,6-7H2,1-2H3. The number of nitrogens with zero attached hydrogens (tertiary/aromatic N) is 1. The van der Waals surface area contributed by atoms with Gasteiger partial charge in [-0.05, 0) is 31.2 Å². The van der Waals surface area contributed by atoms with Crippen LogP contribution in [0, 0.1) is 11.3 Å². The van der Waals surface area contributed by atoms with E-state index < -0.39 is 11.7 Å². The maximum Gasteiger partial charge on any atom is 0.416 e. The second-order valence-corrected chi connectivity index (χ2v) is 4.63. The molecule has 0 aliphatic rings. The molecule has 6 heteroatoms. The summed E-state index contributed by atoms with van der Waals surface area (Å²) in [4.78, 5) is 0. The summed E-state index contributed by atoms with van der Waals surface area (Å²) in [7, 11) is 0. The average molecular weight is 286 g/mol. The summed E-state index contributed by atoms with van der Waals surface area (Å²) < 4.78 is 42.9. The number of halogens is 3. The minimum Gasteiger partial charge on any atom is -0.492 e. The van der Waals surface area contributed by atoms with Crippen molar-refractivity contribution in [3.05, 3.63) is 29.3 Å². The lowest BCUT2D eigenvalue weighted by Crippen LogP contribution is -2.24. The lowest BCUT2D eigenvalue weighted by molar-refractivity contribution is -0.137. The lowest BCUT2D eigenvalue weighted by atomic mass is 10.1. The van der Waals surface area contributed by atoms with Gasteiger partial charge in [0.1, 0.15) is 11.8 Å². The minimum absolute atomic E-state index is 0.100. The molecule has 0 aliphatic heterocycles. The summed E-state index contributed by atoms with van der Waals surface area (Å²) in [6, 6.07) is 5.02. The van der Waals surface area contributed by atoms with Crippen molar-refractivity contribution in [2.75, 3.05) is 13.2 Å². The van der Waals surface area contributed by atoms with E-state index in [4.69, 9.17) is 10.00 Å². The molecule has 0 aliphatic carbocycles. The topological polar surface area (TPSA) is 45.0 Å². The normalized spacial score (nSPS) is 11.4. The molecule has 0 amide bonds. The fourth-order valence-corrected chi connectivity index (χ4v) is 1.56. The van der Waals surface area contributed by atoms with Gasteiger partial charge in [-0.25, -0.2) is 0 Å². The molecule has 1 N–H and O–H groups in total. The molecule has 0 aromatic heterocycles. The number of alkyl halides is 3. The van der Waals surface area contributed by atoms with E-state index in [1.54, 1.807) is 6.07 Å². The molecular weight excluding hydrogens is 269 g/mol. The van der Waals surface area contributed by atoms with E-state index >= 15 is 0 Å². The first-order valence-electron chi connectivity index (χ1n) is 6.32. The van der Waals surface area contributed by atoms with Crippen molar-refractivity contribution in [3.8, 4) is 11.8 Å². The zero-order chi connectivity index (χ0) is 15.2. The van der Waals surface area contributed by atoms with Gasteiger partial charge in [0.15, 0.2) is 0 Å². The summed E-state index contributed by atoms with van der Waals surface area (Å²) in [6.45, 7) is 5.13. The van der Waals surface area contributed by atoms with Crippen LogP contribution in [0.3, 0.4) is 0 Å². The molecular formula is C14H17F3N2O. The Labute approximate surface area is 116 Å². The SMILES string of the molecule is CC(C)NCCCOc1ccc(C(F)(F)F)cc1C#N. The molecule has 0 radical (unpaired) electrons. The van der Waals surface area contributed by atoms with Crippen LogP contribution in [-0.4, -0.2) is 19.2 Å². The Morgan fingerprint density at radius 1 is 1.35 bits per heavy atom. The van der Waals surface area contributed by atoms with E-state index in [1.165, 1.54) is 6.07 Å². The largest absolute Gasteiger partial charge is 0.492 e. The number of nitrogens with one attached hydrogen (secondary N) is 1. The Morgan fingerprint density at radius 2 is 2.05 bits per heavy atom. The van der Waals surface area contributed by atoms with Crippen LogP contribution in [0.15, 0.2) is 18.2 Å². The van der Waals surface area contributed by atoms with Crippen molar-refractivity contribution in [1.29, 1.82) is 5.26 Å². The van der Waals surface area contributed by atoms with Crippen molar-refractivity contribution in [2.24, 2.45) is 0 Å². The summed E-state index contributed by atoms with van der Waals surface area (Å²) >= 11 is 0. The highest BCUT2D eigenvalue weighted by molar-refractivity contribution is 5.46. The molecule has 0 bridgehead atoms. The molecule has 1 aromatic rings. The van der Waals surface area contributed by atoms with Crippen LogP contribution in [0.4, 0.5) is 13.2 Å². The van der Waals surface area contributed by atoms with E-state index in [-0.39, 0.29) is 11.3 Å². The molecule has 0 unspecified atom stereocenters. The van der Waals surface area contributed by atoms with E-state index in [9.17, 15) is 13.2 Å². The van der Waals surface area contributed by atoms with Crippen molar-refractivity contribution < 1.29 is 17.9 Å². The molecule has 3 nitrogen and oxygen atoms in total. The molecule has 110 valence electrons. The van der Waals surface area contributed by atoms with E-state index in [0.717, 1.165) is 18.7 Å². The molecule has 1 aromatic carbocycles. The smallest absolute Gasteiger partial charge is 0.416 e. The molecule has 0 heterocycles. The van der Waals surface area contributed by atoms with Gasteiger partial charge in [0.2, 0.25) is 0 Å². The highest BCUT2D eigenvalue weighted by Gasteiger charge is 2.31. The maximum absolute atomic E-state index is 12.5. The van der Waals surface area contributed by atoms with Crippen LogP contribution in [0.5, 0.6) is 5.75 Å². The summed E-state index contributed by atoms with van der Waals surface area (Å²) in [5.74, 6) is 0.185. The fraction of sp³-hybridized carbons (Fsp3) is 0.500. The molecule has 0 spiro atoms. The van der Waals surface area contributed by atoms with Gasteiger partial charge >= 0.3 is 6.18 Å². The molecule has 1 rings (SSSR count). The number of hydrogen-bond donors (Lipinski definition) is 1. The number of ether oxygens (including phenoxy) is 1. The van der Waals surface area contributed by atoms with Gasteiger partial charge in [-0.3, -0.25) is 0 Å². The van der Waals surface area contributed by atoms with Crippen molar-refractivity contribution in [3.63, 3.8) is 0 Å². The summed E-state index contributed by atoms with van der Waals surface area (Å²) in [6.07, 6.45) is -3.74. The van der Waals surface area contributed by atoms with Gasteiger partial charge < -0.3 is 10.1 Å². The Kier molecular flexibility index (Phi) is 5.83. The first-order chi connectivity index (χ1) is 9.34. The third kappa shape index (κ3) is 5.10. The van der Waals surface area contributed by atoms with Crippen molar-refractivity contribution in [1.82, 2.24) is 5.32 Å². The van der Waals surface area contributed by atoms with Crippen LogP contribution in [0.2, 0.25) is 0 Å². The zero-order valence-electron chi connectivity index (χ0n) is 11.4. The molecule has 20 heavy (non-hydrogen) atoms. The molecule has 0 saturated carbocycles. The first kappa shape index (κ1) is 16.3. The van der Waals surface area contributed by atoms with Crippen LogP contribution >= 0.6 is 0 Å².